The van der Waals surface area contributed by atoms with Crippen LogP contribution in [0.2, 0.25) is 5.02 Å². The minimum Gasteiger partial charge on any atom is -0.387 e. The summed E-state index contributed by atoms with van der Waals surface area (Å²) < 4.78 is 42.0. The second-order valence-corrected chi connectivity index (χ2v) is 8.58. The Kier molecular flexibility index (Phi) is 6.63. The van der Waals surface area contributed by atoms with Crippen LogP contribution in [0.3, 0.4) is 0 Å². The second kappa shape index (κ2) is 9.50. The molecule has 1 amide bonds. The van der Waals surface area contributed by atoms with Crippen LogP contribution < -0.4 is 10.6 Å². The number of nitrogens with one attached hydrogen (secondary N) is 2. The van der Waals surface area contributed by atoms with Crippen LogP contribution in [0.15, 0.2) is 43.1 Å². The highest BCUT2D eigenvalue weighted by Crippen LogP contribution is 2.27. The highest BCUT2D eigenvalue weighted by Gasteiger charge is 2.27. The SMILES string of the molecule is CC(C)(O)[C@H](F)CNC(=O)c1cnc(-c2cnc3cc(Cl)cnn23)cc1Nc1cnn(C(F)F)c1. The van der Waals surface area contributed by atoms with Crippen molar-refractivity contribution in [1.29, 1.82) is 0 Å². The zero-order valence-corrected chi connectivity index (χ0v) is 19.2. The number of amides is 1. The number of pyridine rings is 1. The summed E-state index contributed by atoms with van der Waals surface area (Å²) in [6, 6.07) is 3.10. The molecule has 0 fully saturated rings. The third-order valence-electron chi connectivity index (χ3n) is 5.03. The summed E-state index contributed by atoms with van der Waals surface area (Å²) in [7, 11) is 0. The fourth-order valence-electron chi connectivity index (χ4n) is 3.10. The molecule has 0 aromatic carbocycles. The number of hydrogen-bond acceptors (Lipinski definition) is 7. The number of carbonyl (C=O) groups is 1. The molecule has 10 nitrogen and oxygen atoms in total. The Morgan fingerprint density at radius 3 is 2.60 bits per heavy atom. The van der Waals surface area contributed by atoms with Crippen LogP contribution in [0.25, 0.3) is 17.0 Å². The second-order valence-electron chi connectivity index (χ2n) is 8.15. The molecule has 0 aliphatic heterocycles. The lowest BCUT2D eigenvalue weighted by atomic mass is 10.0. The Balaban J connectivity index is 1.70. The molecule has 3 N–H and O–H groups in total. The van der Waals surface area contributed by atoms with E-state index in [-0.39, 0.29) is 16.9 Å². The van der Waals surface area contributed by atoms with E-state index in [1.54, 1.807) is 6.07 Å². The molecule has 184 valence electrons. The zero-order valence-electron chi connectivity index (χ0n) is 18.5. The van der Waals surface area contributed by atoms with E-state index in [0.29, 0.717) is 26.7 Å². The standard InChI is InChI=1S/C21H20ClF3N8O2/c1-21(2,35)17(23)9-28-19(34)13-7-26-15(16-8-27-18-3-11(22)5-30-33(16)18)4-14(13)31-12-6-29-32(10-12)20(24)25/h3-8,10,17,20,35H,9H2,1-2H3,(H,26,31)(H,28,34)/t17-/m1/s1. The van der Waals surface area contributed by atoms with Crippen molar-refractivity contribution < 1.29 is 23.1 Å². The van der Waals surface area contributed by atoms with Gasteiger partial charge in [-0.05, 0) is 19.9 Å². The zero-order chi connectivity index (χ0) is 25.3. The molecule has 4 rings (SSSR count). The maximum Gasteiger partial charge on any atom is 0.333 e. The predicted octanol–water partition coefficient (Wildman–Crippen LogP) is 3.62. The average Bonchev–Trinajstić information content (AvgIpc) is 3.43. The van der Waals surface area contributed by atoms with Gasteiger partial charge in [0.25, 0.3) is 5.91 Å². The van der Waals surface area contributed by atoms with Crippen molar-refractivity contribution in [3.8, 4) is 11.4 Å². The van der Waals surface area contributed by atoms with Gasteiger partial charge in [-0.2, -0.15) is 19.0 Å². The lowest BCUT2D eigenvalue weighted by molar-refractivity contribution is -0.00177. The summed E-state index contributed by atoms with van der Waals surface area (Å²) in [6.45, 7) is -0.735. The molecule has 0 bridgehead atoms. The van der Waals surface area contributed by atoms with Gasteiger partial charge in [0, 0.05) is 12.3 Å². The molecular formula is C21H20ClF3N8O2. The monoisotopic (exact) mass is 508 g/mol. The molecule has 0 unspecified atom stereocenters. The van der Waals surface area contributed by atoms with Crippen molar-refractivity contribution >= 4 is 34.5 Å². The van der Waals surface area contributed by atoms with Crippen molar-refractivity contribution in [1.82, 2.24) is 34.7 Å². The summed E-state index contributed by atoms with van der Waals surface area (Å²) in [5.41, 5.74) is 0.00609. The van der Waals surface area contributed by atoms with E-state index in [1.807, 2.05) is 0 Å². The van der Waals surface area contributed by atoms with Crippen LogP contribution in [0.1, 0.15) is 30.8 Å². The number of imidazole rings is 1. The van der Waals surface area contributed by atoms with Crippen molar-refractivity contribution in [2.24, 2.45) is 0 Å². The Labute approximate surface area is 201 Å². The quantitative estimate of drug-likeness (QED) is 0.332. The van der Waals surface area contributed by atoms with Crippen LogP contribution in [0, 0.1) is 0 Å². The topological polar surface area (TPSA) is 122 Å². The Hall–Kier alpha value is -3.71. The van der Waals surface area contributed by atoms with E-state index in [2.05, 4.69) is 30.8 Å². The van der Waals surface area contributed by atoms with Gasteiger partial charge in [-0.25, -0.2) is 18.6 Å². The first-order valence-electron chi connectivity index (χ1n) is 10.3. The molecule has 4 heterocycles. The van der Waals surface area contributed by atoms with Gasteiger partial charge in [0.1, 0.15) is 11.9 Å². The summed E-state index contributed by atoms with van der Waals surface area (Å²) in [5.74, 6) is -0.692. The molecular weight excluding hydrogens is 489 g/mol. The smallest absolute Gasteiger partial charge is 0.333 e. The molecule has 0 aliphatic rings. The van der Waals surface area contributed by atoms with Crippen molar-refractivity contribution in [3.63, 3.8) is 0 Å². The van der Waals surface area contributed by atoms with Gasteiger partial charge in [-0.1, -0.05) is 11.6 Å². The van der Waals surface area contributed by atoms with E-state index in [9.17, 15) is 23.1 Å². The largest absolute Gasteiger partial charge is 0.387 e. The number of fused-ring (bicyclic) bond motifs is 1. The van der Waals surface area contributed by atoms with Crippen LogP contribution in [0.5, 0.6) is 0 Å². The number of anilines is 2. The lowest BCUT2D eigenvalue weighted by Crippen LogP contribution is -2.42. The number of nitrogens with zero attached hydrogens (tertiary/aromatic N) is 6. The number of rotatable bonds is 8. The number of hydrogen-bond donors (Lipinski definition) is 3. The normalized spacial score (nSPS) is 12.8. The maximum absolute atomic E-state index is 14.1. The summed E-state index contributed by atoms with van der Waals surface area (Å²) >= 11 is 5.96. The summed E-state index contributed by atoms with van der Waals surface area (Å²) in [6.07, 6.45) is 4.69. The van der Waals surface area contributed by atoms with Crippen molar-refractivity contribution in [3.05, 3.63) is 53.7 Å². The highest BCUT2D eigenvalue weighted by molar-refractivity contribution is 6.30. The molecule has 14 heteroatoms. The van der Waals surface area contributed by atoms with E-state index in [0.717, 1.165) is 12.4 Å². The van der Waals surface area contributed by atoms with Crippen LogP contribution in [-0.2, 0) is 0 Å². The highest BCUT2D eigenvalue weighted by atomic mass is 35.5. The Morgan fingerprint density at radius 1 is 1.14 bits per heavy atom. The summed E-state index contributed by atoms with van der Waals surface area (Å²) in [5, 5.41) is 23.2. The lowest BCUT2D eigenvalue weighted by Gasteiger charge is -2.22. The fourth-order valence-corrected chi connectivity index (χ4v) is 3.24. The predicted molar refractivity (Wildman–Crippen MR) is 122 cm³/mol. The van der Waals surface area contributed by atoms with Crippen molar-refractivity contribution in [2.75, 3.05) is 11.9 Å². The molecule has 0 aliphatic carbocycles. The molecule has 0 radical (unpaired) electrons. The van der Waals surface area contributed by atoms with Gasteiger partial charge in [-0.15, -0.1) is 0 Å². The van der Waals surface area contributed by atoms with Gasteiger partial charge >= 0.3 is 6.55 Å². The Bertz CT molecular complexity index is 1370. The van der Waals surface area contributed by atoms with Crippen LogP contribution in [0.4, 0.5) is 24.5 Å². The van der Waals surface area contributed by atoms with Gasteiger partial charge in [0.15, 0.2) is 5.65 Å². The molecule has 4 aromatic rings. The molecule has 1 atom stereocenters. The van der Waals surface area contributed by atoms with E-state index in [1.165, 1.54) is 43.0 Å². The van der Waals surface area contributed by atoms with E-state index >= 15 is 0 Å². The van der Waals surface area contributed by atoms with Gasteiger partial charge in [0.05, 0.1) is 64.6 Å². The molecule has 0 saturated carbocycles. The number of carbonyl (C=O) groups excluding carboxylic acids is 1. The van der Waals surface area contributed by atoms with E-state index < -0.39 is 30.8 Å². The minimum absolute atomic E-state index is 0.00585. The molecule has 4 aromatic heterocycles. The molecule has 35 heavy (non-hydrogen) atoms. The Morgan fingerprint density at radius 2 is 1.91 bits per heavy atom. The molecule has 0 saturated heterocycles. The van der Waals surface area contributed by atoms with Crippen molar-refractivity contribution in [2.45, 2.75) is 32.2 Å². The van der Waals surface area contributed by atoms with E-state index in [4.69, 9.17) is 11.6 Å². The van der Waals surface area contributed by atoms with Crippen LogP contribution >= 0.6 is 11.6 Å². The number of aliphatic hydroxyl groups is 1. The maximum atomic E-state index is 14.1. The van der Waals surface area contributed by atoms with Gasteiger partial charge in [0.2, 0.25) is 0 Å². The third kappa shape index (κ3) is 5.35. The number of alkyl halides is 3. The summed E-state index contributed by atoms with van der Waals surface area (Å²) in [4.78, 5) is 21.4. The molecule has 0 spiro atoms. The van der Waals surface area contributed by atoms with Gasteiger partial charge < -0.3 is 15.7 Å². The number of aromatic nitrogens is 6. The van der Waals surface area contributed by atoms with Crippen LogP contribution in [-0.4, -0.2) is 58.7 Å². The number of halogens is 4. The fraction of sp³-hybridized carbons (Fsp3) is 0.286. The van der Waals surface area contributed by atoms with Gasteiger partial charge in [-0.3, -0.25) is 9.78 Å². The first kappa shape index (κ1) is 24.4. The average molecular weight is 509 g/mol. The first-order chi connectivity index (χ1) is 16.5. The minimum atomic E-state index is -2.85. The third-order valence-corrected chi connectivity index (χ3v) is 5.23. The first-order valence-corrected chi connectivity index (χ1v) is 10.6.